The number of fused-ring (bicyclic) bond motifs is 3. The van der Waals surface area contributed by atoms with Crippen molar-refractivity contribution in [3.05, 3.63) is 96.6 Å². The van der Waals surface area contributed by atoms with Crippen LogP contribution < -0.4 is 5.73 Å². The van der Waals surface area contributed by atoms with Crippen LogP contribution in [-0.2, 0) is 0 Å². The second kappa shape index (κ2) is 6.03. The molecule has 0 saturated heterocycles. The number of hydrogen-bond acceptors (Lipinski definition) is 1. The van der Waals surface area contributed by atoms with Crippen molar-refractivity contribution in [1.82, 2.24) is 4.57 Å². The van der Waals surface area contributed by atoms with Gasteiger partial charge in [-0.3, -0.25) is 0 Å². The van der Waals surface area contributed by atoms with Crippen molar-refractivity contribution in [2.24, 2.45) is 0 Å². The normalized spacial score (nSPS) is 11.3. The van der Waals surface area contributed by atoms with Crippen LogP contribution >= 0.6 is 0 Å². The summed E-state index contributed by atoms with van der Waals surface area (Å²) in [4.78, 5) is 0. The molecule has 2 heteroatoms. The minimum atomic E-state index is 0.834. The van der Waals surface area contributed by atoms with Crippen LogP contribution in [0.25, 0.3) is 38.6 Å². The minimum Gasteiger partial charge on any atom is -0.399 e. The molecule has 27 heavy (non-hydrogen) atoms. The Morgan fingerprint density at radius 2 is 1.30 bits per heavy atom. The van der Waals surface area contributed by atoms with E-state index in [-0.39, 0.29) is 0 Å². The fourth-order valence-corrected chi connectivity index (χ4v) is 3.86. The van der Waals surface area contributed by atoms with Crippen molar-refractivity contribution in [2.75, 3.05) is 5.73 Å². The summed E-state index contributed by atoms with van der Waals surface area (Å²) in [5.41, 5.74) is 14.0. The molecule has 5 rings (SSSR count). The Hall–Kier alpha value is -3.52. The first kappa shape index (κ1) is 15.7. The maximum absolute atomic E-state index is 6.00. The van der Waals surface area contributed by atoms with Gasteiger partial charge in [0.2, 0.25) is 0 Å². The zero-order chi connectivity index (χ0) is 18.4. The molecule has 0 bridgehead atoms. The lowest BCUT2D eigenvalue weighted by molar-refractivity contribution is 1.18. The van der Waals surface area contributed by atoms with Gasteiger partial charge in [-0.15, -0.1) is 0 Å². The second-order valence-electron chi connectivity index (χ2n) is 6.99. The largest absolute Gasteiger partial charge is 0.399 e. The van der Waals surface area contributed by atoms with Gasteiger partial charge in [-0.05, 0) is 66.1 Å². The second-order valence-corrected chi connectivity index (χ2v) is 6.99. The van der Waals surface area contributed by atoms with E-state index in [9.17, 15) is 0 Å². The molecule has 0 fully saturated rings. The van der Waals surface area contributed by atoms with E-state index in [2.05, 4.69) is 96.4 Å². The van der Waals surface area contributed by atoms with Crippen molar-refractivity contribution in [1.29, 1.82) is 0 Å². The van der Waals surface area contributed by atoms with Gasteiger partial charge in [0.25, 0.3) is 0 Å². The number of aromatic nitrogens is 1. The van der Waals surface area contributed by atoms with Gasteiger partial charge >= 0.3 is 0 Å². The van der Waals surface area contributed by atoms with Gasteiger partial charge in [0.05, 0.1) is 11.0 Å². The van der Waals surface area contributed by atoms with Crippen molar-refractivity contribution < 1.29 is 0 Å². The molecule has 0 atom stereocenters. The van der Waals surface area contributed by atoms with Gasteiger partial charge in [0, 0.05) is 22.1 Å². The van der Waals surface area contributed by atoms with Gasteiger partial charge in [0.1, 0.15) is 0 Å². The number of anilines is 1. The molecule has 130 valence electrons. The average molecular weight is 348 g/mol. The highest BCUT2D eigenvalue weighted by atomic mass is 15.0. The highest BCUT2D eigenvalue weighted by Gasteiger charge is 2.12. The number of benzene rings is 4. The highest BCUT2D eigenvalue weighted by Crippen LogP contribution is 2.35. The maximum atomic E-state index is 6.00. The molecular formula is C25H20N2. The molecule has 0 aliphatic heterocycles. The Morgan fingerprint density at radius 1 is 0.630 bits per heavy atom. The van der Waals surface area contributed by atoms with Gasteiger partial charge in [-0.1, -0.05) is 48.5 Å². The van der Waals surface area contributed by atoms with E-state index < -0.39 is 0 Å². The fraction of sp³-hybridized carbons (Fsp3) is 0.0400. The van der Waals surface area contributed by atoms with Crippen LogP contribution in [0.2, 0.25) is 0 Å². The summed E-state index contributed by atoms with van der Waals surface area (Å²) in [6.07, 6.45) is 0. The number of para-hydroxylation sites is 2. The van der Waals surface area contributed by atoms with Crippen LogP contribution in [0.5, 0.6) is 0 Å². The molecule has 0 saturated carbocycles. The molecule has 0 spiro atoms. The smallest absolute Gasteiger partial charge is 0.0541 e. The van der Waals surface area contributed by atoms with Crippen molar-refractivity contribution in [2.45, 2.75) is 6.92 Å². The van der Waals surface area contributed by atoms with E-state index in [4.69, 9.17) is 5.73 Å². The molecule has 1 heterocycles. The molecular weight excluding hydrogens is 328 g/mol. The van der Waals surface area contributed by atoms with Crippen LogP contribution in [0.3, 0.4) is 0 Å². The van der Waals surface area contributed by atoms with E-state index in [0.717, 1.165) is 11.3 Å². The summed E-state index contributed by atoms with van der Waals surface area (Å²) in [7, 11) is 0. The molecule has 0 amide bonds. The lowest BCUT2D eigenvalue weighted by atomic mass is 10.0. The average Bonchev–Trinajstić information content (AvgIpc) is 3.04. The third kappa shape index (κ3) is 2.49. The first-order chi connectivity index (χ1) is 13.2. The Morgan fingerprint density at radius 3 is 2.11 bits per heavy atom. The minimum absolute atomic E-state index is 0.834. The van der Waals surface area contributed by atoms with Crippen molar-refractivity contribution in [3.63, 3.8) is 0 Å². The van der Waals surface area contributed by atoms with Crippen molar-refractivity contribution >= 4 is 27.5 Å². The first-order valence-corrected chi connectivity index (χ1v) is 9.17. The molecule has 2 N–H and O–H groups in total. The van der Waals surface area contributed by atoms with E-state index in [0.29, 0.717) is 0 Å². The molecule has 0 unspecified atom stereocenters. The number of nitrogens with two attached hydrogens (primary N) is 1. The summed E-state index contributed by atoms with van der Waals surface area (Å²) < 4.78 is 2.34. The first-order valence-electron chi connectivity index (χ1n) is 9.17. The summed E-state index contributed by atoms with van der Waals surface area (Å²) in [5, 5.41) is 2.53. The summed E-state index contributed by atoms with van der Waals surface area (Å²) in [5.74, 6) is 0. The quantitative estimate of drug-likeness (QED) is 0.371. The lowest BCUT2D eigenvalue weighted by Gasteiger charge is -2.09. The van der Waals surface area contributed by atoms with Gasteiger partial charge in [0.15, 0.2) is 0 Å². The summed E-state index contributed by atoms with van der Waals surface area (Å²) in [6, 6.07) is 32.1. The highest BCUT2D eigenvalue weighted by molar-refractivity contribution is 6.10. The topological polar surface area (TPSA) is 30.9 Å². The fourth-order valence-electron chi connectivity index (χ4n) is 3.86. The van der Waals surface area contributed by atoms with Crippen LogP contribution in [0, 0.1) is 6.92 Å². The summed E-state index contributed by atoms with van der Waals surface area (Å²) >= 11 is 0. The van der Waals surface area contributed by atoms with Crippen LogP contribution in [-0.4, -0.2) is 4.57 Å². The molecule has 4 aromatic carbocycles. The molecule has 0 aliphatic rings. The predicted octanol–water partition coefficient (Wildman–Crippen LogP) is 6.34. The van der Waals surface area contributed by atoms with Crippen LogP contribution in [0.1, 0.15) is 5.56 Å². The third-order valence-electron chi connectivity index (χ3n) is 5.29. The van der Waals surface area contributed by atoms with Gasteiger partial charge < -0.3 is 10.3 Å². The van der Waals surface area contributed by atoms with E-state index in [1.807, 2.05) is 6.07 Å². The lowest BCUT2D eigenvalue weighted by Crippen LogP contribution is -1.93. The number of aryl methyl sites for hydroxylation is 1. The Bertz CT molecular complexity index is 1280. The third-order valence-corrected chi connectivity index (χ3v) is 5.29. The molecule has 0 radical (unpaired) electrons. The van der Waals surface area contributed by atoms with Crippen LogP contribution in [0.4, 0.5) is 5.69 Å². The van der Waals surface area contributed by atoms with E-state index in [1.165, 1.54) is 38.6 Å². The number of nitrogen functional groups attached to an aromatic ring is 1. The Kier molecular flexibility index (Phi) is 3.51. The van der Waals surface area contributed by atoms with Crippen LogP contribution in [0.15, 0.2) is 91.0 Å². The Labute approximate surface area is 158 Å². The molecule has 5 aromatic rings. The Balaban J connectivity index is 1.81. The zero-order valence-electron chi connectivity index (χ0n) is 15.2. The molecule has 1 aromatic heterocycles. The SMILES string of the molecule is Cc1cc(-c2ccc3c(c2)c2ccccc2n3-c2ccccc2)ccc1N. The number of hydrogen-bond donors (Lipinski definition) is 1. The predicted molar refractivity (Wildman–Crippen MR) is 115 cm³/mol. The maximum Gasteiger partial charge on any atom is 0.0541 e. The van der Waals surface area contributed by atoms with Gasteiger partial charge in [-0.2, -0.15) is 0 Å². The monoisotopic (exact) mass is 348 g/mol. The van der Waals surface area contributed by atoms with Gasteiger partial charge in [-0.25, -0.2) is 0 Å². The molecule has 0 aliphatic carbocycles. The van der Waals surface area contributed by atoms with E-state index in [1.54, 1.807) is 0 Å². The summed E-state index contributed by atoms with van der Waals surface area (Å²) in [6.45, 7) is 2.05. The van der Waals surface area contributed by atoms with E-state index >= 15 is 0 Å². The molecule has 2 nitrogen and oxygen atoms in total. The zero-order valence-corrected chi connectivity index (χ0v) is 15.2. The number of nitrogens with zero attached hydrogens (tertiary/aromatic N) is 1. The van der Waals surface area contributed by atoms with Crippen molar-refractivity contribution in [3.8, 4) is 16.8 Å². The standard InChI is InChI=1S/C25H20N2/c1-17-15-18(11-13-23(17)26)19-12-14-25-22(16-19)21-9-5-6-10-24(21)27(25)20-7-3-2-4-8-20/h2-16H,26H2,1H3. The number of rotatable bonds is 2.